The number of aliphatic hydroxyl groups excluding tert-OH is 1. The first-order valence-electron chi connectivity index (χ1n) is 3.52. The van der Waals surface area contributed by atoms with Crippen LogP contribution in [0.1, 0.15) is 27.2 Å². The molecule has 0 spiro atoms. The first kappa shape index (κ1) is 15.2. The van der Waals surface area contributed by atoms with Crippen LogP contribution in [0.3, 0.4) is 0 Å². The summed E-state index contributed by atoms with van der Waals surface area (Å²) < 4.78 is 0. The third kappa shape index (κ3) is 14.6. The fourth-order valence-corrected chi connectivity index (χ4v) is 0.846. The van der Waals surface area contributed by atoms with Crippen LogP contribution in [0.4, 0.5) is 0 Å². The molecule has 0 aliphatic rings. The first-order chi connectivity index (χ1) is 5.89. The van der Waals surface area contributed by atoms with Gasteiger partial charge in [-0.2, -0.15) is 0 Å². The second kappa shape index (κ2) is 8.32. The van der Waals surface area contributed by atoms with Gasteiger partial charge >= 0.3 is 0 Å². The van der Waals surface area contributed by atoms with Gasteiger partial charge in [0, 0.05) is 6.42 Å². The van der Waals surface area contributed by atoms with E-state index in [0.29, 0.717) is 6.42 Å². The van der Waals surface area contributed by atoms with Gasteiger partial charge in [0.1, 0.15) is 5.60 Å². The molecule has 0 aliphatic heterocycles. The molecule has 0 aromatic heterocycles. The van der Waals surface area contributed by atoms with E-state index in [9.17, 15) is 0 Å². The summed E-state index contributed by atoms with van der Waals surface area (Å²) in [7, 11) is 0. The molecule has 0 amide bonds. The molecule has 0 rings (SSSR count). The lowest BCUT2D eigenvalue weighted by Crippen LogP contribution is -2.28. The Morgan fingerprint density at radius 2 is 1.62 bits per heavy atom. The number of aliphatic hydroxyl groups is 1. The number of rotatable bonds is 4. The normalized spacial score (nSPS) is 13.2. The summed E-state index contributed by atoms with van der Waals surface area (Å²) in [6.07, 6.45) is -0.0572. The van der Waals surface area contributed by atoms with Crippen LogP contribution in [0.2, 0.25) is 0 Å². The van der Waals surface area contributed by atoms with E-state index in [1.807, 2.05) is 0 Å². The fourth-order valence-electron chi connectivity index (χ4n) is 0.846. The van der Waals surface area contributed by atoms with E-state index in [0.717, 1.165) is 0 Å². The average Bonchev–Trinajstić information content (AvgIpc) is 1.84. The summed E-state index contributed by atoms with van der Waals surface area (Å²) in [5, 5.41) is 35.8. The highest BCUT2D eigenvalue weighted by molar-refractivity contribution is 4.69. The van der Waals surface area contributed by atoms with Crippen LogP contribution in [-0.4, -0.2) is 32.6 Å². The van der Waals surface area contributed by atoms with Gasteiger partial charge in [-0.15, -0.1) is 0 Å². The number of hydrogen-bond acceptors (Lipinski definition) is 7. The predicted molar refractivity (Wildman–Crippen MR) is 41.5 cm³/mol. The zero-order valence-corrected chi connectivity index (χ0v) is 7.80. The summed E-state index contributed by atoms with van der Waals surface area (Å²) in [6.45, 7) is 5.05. The highest BCUT2D eigenvalue weighted by Gasteiger charge is 2.22. The molecule has 0 bridgehead atoms. The van der Waals surface area contributed by atoms with Crippen LogP contribution in [0.15, 0.2) is 0 Å². The molecule has 13 heavy (non-hydrogen) atoms. The van der Waals surface area contributed by atoms with Crippen molar-refractivity contribution in [1.29, 1.82) is 0 Å². The predicted octanol–water partition coefficient (Wildman–Crippen LogP) is 0.906. The van der Waals surface area contributed by atoms with E-state index in [-0.39, 0.29) is 0 Å². The standard InChI is InChI=1S/C6H14O4.H2O3/c1-5(7)4-6(2,3)9-10-8;1-3-2/h5,7-8H,4H2,1-3H3;1-2H. The second-order valence-electron chi connectivity index (χ2n) is 3.05. The summed E-state index contributed by atoms with van der Waals surface area (Å²) >= 11 is 0. The Bertz CT molecular complexity index is 103. The second-order valence-corrected chi connectivity index (χ2v) is 3.05. The minimum atomic E-state index is -0.650. The first-order valence-corrected chi connectivity index (χ1v) is 3.52. The fraction of sp³-hybridized carbons (Fsp3) is 1.00. The maximum atomic E-state index is 8.90. The highest BCUT2D eigenvalue weighted by atomic mass is 17.5. The van der Waals surface area contributed by atoms with Gasteiger partial charge in [-0.3, -0.25) is 0 Å². The van der Waals surface area contributed by atoms with Gasteiger partial charge in [0.15, 0.2) is 0 Å². The molecule has 0 fully saturated rings. The molecule has 0 aromatic carbocycles. The topological polar surface area (TPSA) is 109 Å². The van der Waals surface area contributed by atoms with Gasteiger partial charge in [0.2, 0.25) is 0 Å². The molecule has 1 unspecified atom stereocenters. The van der Waals surface area contributed by atoms with Gasteiger partial charge in [-0.25, -0.2) is 20.7 Å². The molecule has 7 nitrogen and oxygen atoms in total. The van der Waals surface area contributed by atoms with Crippen molar-refractivity contribution in [3.63, 3.8) is 0 Å². The Hall–Kier alpha value is -0.280. The third-order valence-electron chi connectivity index (χ3n) is 1.05. The average molecular weight is 200 g/mol. The van der Waals surface area contributed by atoms with Crippen LogP contribution in [-0.2, 0) is 15.0 Å². The molecule has 0 aromatic rings. The van der Waals surface area contributed by atoms with Crippen LogP contribution in [0, 0.1) is 0 Å². The van der Waals surface area contributed by atoms with E-state index >= 15 is 0 Å². The van der Waals surface area contributed by atoms with Crippen LogP contribution >= 0.6 is 0 Å². The quantitative estimate of drug-likeness (QED) is 0.394. The zero-order valence-electron chi connectivity index (χ0n) is 7.80. The number of hydrogen-bond donors (Lipinski definition) is 4. The van der Waals surface area contributed by atoms with Gasteiger partial charge in [0.05, 0.1) is 6.10 Å². The van der Waals surface area contributed by atoms with Gasteiger partial charge in [-0.05, 0) is 20.8 Å². The minimum absolute atomic E-state index is 0.410. The van der Waals surface area contributed by atoms with Crippen molar-refractivity contribution in [3.8, 4) is 0 Å². The van der Waals surface area contributed by atoms with Crippen molar-refractivity contribution in [2.45, 2.75) is 38.9 Å². The van der Waals surface area contributed by atoms with Gasteiger partial charge in [-0.1, -0.05) is 10.1 Å². The van der Waals surface area contributed by atoms with Crippen molar-refractivity contribution in [2.75, 3.05) is 0 Å². The van der Waals surface area contributed by atoms with Crippen LogP contribution in [0.25, 0.3) is 0 Å². The maximum Gasteiger partial charge on any atom is 0.104 e. The lowest BCUT2D eigenvalue weighted by molar-refractivity contribution is -0.523. The summed E-state index contributed by atoms with van der Waals surface area (Å²) in [4.78, 5) is 4.44. The molecule has 0 aliphatic carbocycles. The molecule has 7 heteroatoms. The summed E-state index contributed by atoms with van der Waals surface area (Å²) in [6, 6.07) is 0. The molecule has 1 atom stereocenters. The minimum Gasteiger partial charge on any atom is -0.393 e. The van der Waals surface area contributed by atoms with E-state index in [1.165, 1.54) is 0 Å². The molecule has 0 saturated heterocycles. The van der Waals surface area contributed by atoms with Crippen molar-refractivity contribution >= 4 is 0 Å². The Labute approximate surface area is 75.8 Å². The molecular weight excluding hydrogens is 184 g/mol. The Morgan fingerprint density at radius 1 is 1.23 bits per heavy atom. The zero-order chi connectivity index (χ0) is 10.9. The Kier molecular flexibility index (Phi) is 9.74. The lowest BCUT2D eigenvalue weighted by Gasteiger charge is -2.22. The Balaban J connectivity index is 0. The molecule has 0 heterocycles. The summed E-state index contributed by atoms with van der Waals surface area (Å²) in [5.74, 6) is 0. The highest BCUT2D eigenvalue weighted by Crippen LogP contribution is 2.16. The smallest absolute Gasteiger partial charge is 0.104 e. The largest absolute Gasteiger partial charge is 0.393 e. The van der Waals surface area contributed by atoms with E-state index in [4.69, 9.17) is 20.9 Å². The van der Waals surface area contributed by atoms with Gasteiger partial charge < -0.3 is 5.11 Å². The monoisotopic (exact) mass is 200 g/mol. The molecule has 0 radical (unpaired) electrons. The van der Waals surface area contributed by atoms with Crippen LogP contribution in [0.5, 0.6) is 0 Å². The van der Waals surface area contributed by atoms with E-state index in [2.05, 4.69) is 15.0 Å². The van der Waals surface area contributed by atoms with Crippen molar-refractivity contribution < 1.29 is 35.8 Å². The van der Waals surface area contributed by atoms with E-state index < -0.39 is 11.7 Å². The van der Waals surface area contributed by atoms with Crippen molar-refractivity contribution in [3.05, 3.63) is 0 Å². The van der Waals surface area contributed by atoms with Crippen molar-refractivity contribution in [1.82, 2.24) is 0 Å². The molecule has 0 saturated carbocycles. The molecule has 82 valence electrons. The lowest BCUT2D eigenvalue weighted by atomic mass is 10.0. The summed E-state index contributed by atoms with van der Waals surface area (Å²) in [5.41, 5.74) is -0.650. The molecule has 4 N–H and O–H groups in total. The molecular formula is C6H16O7. The SMILES string of the molecule is CC(O)CC(C)(C)OOO.OOO. The third-order valence-corrected chi connectivity index (χ3v) is 1.05. The van der Waals surface area contributed by atoms with E-state index in [1.54, 1.807) is 20.8 Å². The van der Waals surface area contributed by atoms with Crippen LogP contribution < -0.4 is 0 Å². The Morgan fingerprint density at radius 3 is 1.85 bits per heavy atom. The maximum absolute atomic E-state index is 8.90. The van der Waals surface area contributed by atoms with Crippen molar-refractivity contribution in [2.24, 2.45) is 0 Å². The van der Waals surface area contributed by atoms with Gasteiger partial charge in [0.25, 0.3) is 0 Å².